The minimum absolute atomic E-state index is 0.0514. The van der Waals surface area contributed by atoms with Crippen molar-refractivity contribution in [2.75, 3.05) is 33.0 Å². The summed E-state index contributed by atoms with van der Waals surface area (Å²) in [6, 6.07) is 0. The van der Waals surface area contributed by atoms with Crippen molar-refractivity contribution >= 4 is 13.8 Å². The molecular formula is C43H85O9P. The van der Waals surface area contributed by atoms with Crippen molar-refractivity contribution in [3.05, 3.63) is 12.2 Å². The summed E-state index contributed by atoms with van der Waals surface area (Å²) in [6.45, 7) is 3.48. The van der Waals surface area contributed by atoms with E-state index in [4.69, 9.17) is 23.6 Å². The van der Waals surface area contributed by atoms with Crippen LogP contribution in [0.15, 0.2) is 12.2 Å². The molecule has 9 nitrogen and oxygen atoms in total. The lowest BCUT2D eigenvalue weighted by Gasteiger charge is -2.20. The number of carbonyl (C=O) groups is 1. The molecule has 0 amide bonds. The Hall–Kier alpha value is -0.800. The number of carbonyl (C=O) groups excluding carboxylic acids is 1. The van der Waals surface area contributed by atoms with Gasteiger partial charge in [-0.25, -0.2) is 4.57 Å². The number of ether oxygens (including phenoxy) is 2. The molecule has 0 heterocycles. The molecule has 10 heteroatoms. The highest BCUT2D eigenvalue weighted by atomic mass is 31.2. The summed E-state index contributed by atoms with van der Waals surface area (Å²) in [7, 11) is -4.51. The van der Waals surface area contributed by atoms with Crippen LogP contribution in [0.25, 0.3) is 0 Å². The fourth-order valence-electron chi connectivity index (χ4n) is 6.30. The molecule has 0 aromatic carbocycles. The zero-order valence-corrected chi connectivity index (χ0v) is 35.4. The van der Waals surface area contributed by atoms with Crippen LogP contribution >= 0.6 is 7.82 Å². The van der Waals surface area contributed by atoms with Crippen molar-refractivity contribution in [3.8, 4) is 0 Å². The molecular weight excluding hydrogens is 691 g/mol. The van der Waals surface area contributed by atoms with E-state index in [-0.39, 0.29) is 19.6 Å². The predicted molar refractivity (Wildman–Crippen MR) is 219 cm³/mol. The maximum atomic E-state index is 12.5. The molecule has 0 aliphatic rings. The molecule has 3 atom stereocenters. The molecule has 0 fully saturated rings. The minimum atomic E-state index is -4.51. The summed E-state index contributed by atoms with van der Waals surface area (Å²) in [6.07, 6.45) is 40.5. The quantitative estimate of drug-likeness (QED) is 0.0240. The van der Waals surface area contributed by atoms with Crippen LogP contribution in [0.4, 0.5) is 0 Å². The second kappa shape index (κ2) is 40.9. The zero-order valence-electron chi connectivity index (χ0n) is 34.5. The van der Waals surface area contributed by atoms with E-state index in [9.17, 15) is 19.4 Å². The number of hydrogen-bond acceptors (Lipinski definition) is 8. The van der Waals surface area contributed by atoms with Gasteiger partial charge in [0.05, 0.1) is 26.4 Å². The first-order chi connectivity index (χ1) is 25.8. The van der Waals surface area contributed by atoms with Gasteiger partial charge in [-0.3, -0.25) is 13.8 Å². The highest BCUT2D eigenvalue weighted by Gasteiger charge is 2.26. The van der Waals surface area contributed by atoms with Crippen LogP contribution in [0.2, 0.25) is 0 Å². The molecule has 0 aliphatic heterocycles. The molecule has 3 N–H and O–H groups in total. The monoisotopic (exact) mass is 777 g/mol. The molecule has 0 saturated heterocycles. The van der Waals surface area contributed by atoms with Gasteiger partial charge in [-0.2, -0.15) is 0 Å². The van der Waals surface area contributed by atoms with E-state index in [1.807, 2.05) is 0 Å². The average Bonchev–Trinajstić information content (AvgIpc) is 3.15. The maximum Gasteiger partial charge on any atom is 0.472 e. The molecule has 316 valence electrons. The Kier molecular flexibility index (Phi) is 40.2. The molecule has 0 rings (SSSR count). The molecule has 0 aromatic rings. The number of hydrogen-bond donors (Lipinski definition) is 3. The third-order valence-electron chi connectivity index (χ3n) is 9.68. The van der Waals surface area contributed by atoms with Gasteiger partial charge in [0.25, 0.3) is 0 Å². The summed E-state index contributed by atoms with van der Waals surface area (Å²) in [4.78, 5) is 22.5. The van der Waals surface area contributed by atoms with Gasteiger partial charge in [-0.05, 0) is 32.1 Å². The van der Waals surface area contributed by atoms with Crippen molar-refractivity contribution in [3.63, 3.8) is 0 Å². The van der Waals surface area contributed by atoms with E-state index < -0.39 is 39.2 Å². The van der Waals surface area contributed by atoms with Crippen molar-refractivity contribution in [1.29, 1.82) is 0 Å². The van der Waals surface area contributed by atoms with Crippen LogP contribution < -0.4 is 0 Å². The lowest BCUT2D eigenvalue weighted by atomic mass is 10.0. The van der Waals surface area contributed by atoms with Gasteiger partial charge in [0, 0.05) is 13.0 Å². The number of phosphoric ester groups is 1. The minimum Gasteiger partial charge on any atom is -0.457 e. The molecule has 0 radical (unpaired) electrons. The summed E-state index contributed by atoms with van der Waals surface area (Å²) in [5.74, 6) is -0.390. The van der Waals surface area contributed by atoms with Crippen molar-refractivity contribution in [2.45, 2.75) is 225 Å². The Morgan fingerprint density at radius 1 is 0.566 bits per heavy atom. The van der Waals surface area contributed by atoms with Gasteiger partial charge in [0.2, 0.25) is 0 Å². The molecule has 0 spiro atoms. The Morgan fingerprint density at radius 3 is 1.49 bits per heavy atom. The van der Waals surface area contributed by atoms with Gasteiger partial charge < -0.3 is 24.6 Å². The van der Waals surface area contributed by atoms with Gasteiger partial charge in [-0.1, -0.05) is 187 Å². The van der Waals surface area contributed by atoms with E-state index in [0.717, 1.165) is 57.8 Å². The van der Waals surface area contributed by atoms with Gasteiger partial charge in [-0.15, -0.1) is 0 Å². The number of aliphatic hydroxyl groups is 2. The smallest absolute Gasteiger partial charge is 0.457 e. The Balaban J connectivity index is 3.99. The largest absolute Gasteiger partial charge is 0.472 e. The number of allylic oxidation sites excluding steroid dienone is 2. The number of aliphatic hydroxyl groups excluding tert-OH is 2. The van der Waals surface area contributed by atoms with Crippen LogP contribution in [0.3, 0.4) is 0 Å². The topological polar surface area (TPSA) is 132 Å². The molecule has 0 saturated carbocycles. The van der Waals surface area contributed by atoms with Gasteiger partial charge >= 0.3 is 13.8 Å². The maximum absolute atomic E-state index is 12.5. The summed E-state index contributed by atoms with van der Waals surface area (Å²) in [5, 5.41) is 18.3. The normalized spacial score (nSPS) is 14.1. The van der Waals surface area contributed by atoms with Crippen LogP contribution in [0.5, 0.6) is 0 Å². The van der Waals surface area contributed by atoms with E-state index >= 15 is 0 Å². The SMILES string of the molecule is CCC/C=C\CCCCCCCC(=O)OC(COCCCCCCCCCCCCCCCCCCCCCCCC)COP(=O)(O)OCC(O)CO. The van der Waals surface area contributed by atoms with Crippen LogP contribution in [0, 0.1) is 0 Å². The molecule has 53 heavy (non-hydrogen) atoms. The molecule has 3 unspecified atom stereocenters. The van der Waals surface area contributed by atoms with E-state index in [1.165, 1.54) is 135 Å². The van der Waals surface area contributed by atoms with Crippen molar-refractivity contribution in [2.24, 2.45) is 0 Å². The van der Waals surface area contributed by atoms with Gasteiger partial charge in [0.15, 0.2) is 0 Å². The van der Waals surface area contributed by atoms with Crippen molar-refractivity contribution < 1.29 is 43.0 Å². The first-order valence-corrected chi connectivity index (χ1v) is 23.7. The third-order valence-corrected chi connectivity index (χ3v) is 10.6. The highest BCUT2D eigenvalue weighted by Crippen LogP contribution is 2.43. The number of unbranched alkanes of at least 4 members (excludes halogenated alkanes) is 27. The fourth-order valence-corrected chi connectivity index (χ4v) is 7.09. The molecule has 0 aromatic heterocycles. The van der Waals surface area contributed by atoms with Crippen LogP contribution in [-0.4, -0.2) is 66.3 Å². The van der Waals surface area contributed by atoms with Crippen LogP contribution in [-0.2, 0) is 27.9 Å². The number of esters is 1. The lowest BCUT2D eigenvalue weighted by Crippen LogP contribution is -2.29. The lowest BCUT2D eigenvalue weighted by molar-refractivity contribution is -0.154. The van der Waals surface area contributed by atoms with Crippen molar-refractivity contribution in [1.82, 2.24) is 0 Å². The first-order valence-electron chi connectivity index (χ1n) is 22.2. The Bertz CT molecular complexity index is 841. The first kappa shape index (κ1) is 52.2. The second-order valence-corrected chi connectivity index (χ2v) is 16.5. The Morgan fingerprint density at radius 2 is 1.00 bits per heavy atom. The van der Waals surface area contributed by atoms with Crippen LogP contribution in [0.1, 0.15) is 213 Å². The van der Waals surface area contributed by atoms with E-state index in [0.29, 0.717) is 6.61 Å². The van der Waals surface area contributed by atoms with E-state index in [2.05, 4.69) is 26.0 Å². The van der Waals surface area contributed by atoms with Gasteiger partial charge in [0.1, 0.15) is 12.2 Å². The zero-order chi connectivity index (χ0) is 38.9. The third kappa shape index (κ3) is 40.7. The molecule has 0 bridgehead atoms. The predicted octanol–water partition coefficient (Wildman–Crippen LogP) is 12.1. The Labute approximate surface area is 326 Å². The molecule has 0 aliphatic carbocycles. The number of phosphoric acid groups is 1. The second-order valence-electron chi connectivity index (χ2n) is 15.1. The number of rotatable bonds is 43. The van der Waals surface area contributed by atoms with E-state index in [1.54, 1.807) is 0 Å². The summed E-state index contributed by atoms with van der Waals surface area (Å²) >= 11 is 0. The summed E-state index contributed by atoms with van der Waals surface area (Å²) in [5.41, 5.74) is 0. The standard InChI is InChI=1S/C43H85O9P/c1-3-5-7-9-11-13-15-16-17-18-19-20-21-22-23-24-25-26-28-30-32-34-36-49-39-42(40-51-53(47,48)50-38-41(45)37-44)52-43(46)35-33-31-29-27-14-12-10-8-6-4-2/h8,10,41-42,44-45H,3-7,9,11-40H2,1-2H3,(H,47,48)/b10-8-. The highest BCUT2D eigenvalue weighted by molar-refractivity contribution is 7.47. The average molecular weight is 777 g/mol. The summed E-state index contributed by atoms with van der Waals surface area (Å²) < 4.78 is 33.3. The fraction of sp³-hybridized carbons (Fsp3) is 0.930.